The van der Waals surface area contributed by atoms with Crippen LogP contribution in [-0.2, 0) is 14.6 Å². The average molecular weight is 327 g/mol. The number of sulfone groups is 1. The van der Waals surface area contributed by atoms with Gasteiger partial charge in [-0.05, 0) is 31.4 Å². The van der Waals surface area contributed by atoms with Crippen molar-refractivity contribution in [3.05, 3.63) is 28.3 Å². The van der Waals surface area contributed by atoms with E-state index in [9.17, 15) is 23.3 Å². The molecule has 120 valence electrons. The first-order chi connectivity index (χ1) is 10.3. The van der Waals surface area contributed by atoms with Crippen molar-refractivity contribution in [2.75, 3.05) is 18.1 Å². The Morgan fingerprint density at radius 2 is 2.09 bits per heavy atom. The van der Waals surface area contributed by atoms with Gasteiger partial charge in [0.1, 0.15) is 11.7 Å². The molecular formula is C13H17N3O5S. The summed E-state index contributed by atoms with van der Waals surface area (Å²) in [5.74, 6) is -0.209. The van der Waals surface area contributed by atoms with E-state index in [1.807, 2.05) is 0 Å². The molecule has 0 saturated carbocycles. The van der Waals surface area contributed by atoms with E-state index in [1.165, 1.54) is 12.1 Å². The van der Waals surface area contributed by atoms with E-state index in [0.29, 0.717) is 13.0 Å². The molecule has 2 N–H and O–H groups in total. The van der Waals surface area contributed by atoms with Crippen molar-refractivity contribution in [3.63, 3.8) is 0 Å². The first-order valence-corrected chi connectivity index (χ1v) is 8.71. The fraction of sp³-hybridized carbons (Fsp3) is 0.462. The number of anilines is 1. The highest BCUT2D eigenvalue weighted by molar-refractivity contribution is 7.90. The monoisotopic (exact) mass is 327 g/mol. The molecule has 1 heterocycles. The molecule has 8 nitrogen and oxygen atoms in total. The molecule has 1 amide bonds. The quantitative estimate of drug-likeness (QED) is 0.631. The van der Waals surface area contributed by atoms with Crippen molar-refractivity contribution in [3.8, 4) is 0 Å². The van der Waals surface area contributed by atoms with Gasteiger partial charge in [0, 0.05) is 18.9 Å². The molecule has 1 aromatic carbocycles. The van der Waals surface area contributed by atoms with Gasteiger partial charge in [-0.25, -0.2) is 8.42 Å². The minimum atomic E-state index is -3.54. The number of hydrogen-bond acceptors (Lipinski definition) is 6. The summed E-state index contributed by atoms with van der Waals surface area (Å²) in [7, 11) is -3.54. The van der Waals surface area contributed by atoms with Gasteiger partial charge in [0.05, 0.1) is 9.82 Å². The van der Waals surface area contributed by atoms with Crippen LogP contribution >= 0.6 is 0 Å². The molecule has 1 aliphatic rings. The predicted octanol–water partition coefficient (Wildman–Crippen LogP) is 1.08. The van der Waals surface area contributed by atoms with Crippen LogP contribution in [0.15, 0.2) is 23.1 Å². The summed E-state index contributed by atoms with van der Waals surface area (Å²) in [6, 6.07) is 3.06. The van der Waals surface area contributed by atoms with E-state index in [1.54, 1.807) is 0 Å². The Kier molecular flexibility index (Phi) is 4.65. The van der Waals surface area contributed by atoms with Crippen LogP contribution in [0, 0.1) is 10.1 Å². The van der Waals surface area contributed by atoms with E-state index in [4.69, 9.17) is 0 Å². The Morgan fingerprint density at radius 3 is 2.73 bits per heavy atom. The number of amides is 1. The number of nitro groups is 1. The van der Waals surface area contributed by atoms with Gasteiger partial charge in [-0.3, -0.25) is 14.9 Å². The smallest absolute Gasteiger partial charge is 0.293 e. The van der Waals surface area contributed by atoms with Crippen LogP contribution in [0.3, 0.4) is 0 Å². The topological polar surface area (TPSA) is 118 Å². The fourth-order valence-electron chi connectivity index (χ4n) is 2.28. The minimum Gasteiger partial charge on any atom is -0.368 e. The third kappa shape index (κ3) is 3.73. The lowest BCUT2D eigenvalue weighted by Crippen LogP contribution is -2.38. The average Bonchev–Trinajstić information content (AvgIpc) is 2.63. The highest BCUT2D eigenvalue weighted by Crippen LogP contribution is 2.29. The second-order valence-corrected chi connectivity index (χ2v) is 7.21. The molecule has 1 saturated heterocycles. The van der Waals surface area contributed by atoms with E-state index in [-0.39, 0.29) is 22.2 Å². The highest BCUT2D eigenvalue weighted by atomic mass is 32.2. The predicted molar refractivity (Wildman–Crippen MR) is 80.5 cm³/mol. The van der Waals surface area contributed by atoms with E-state index >= 15 is 0 Å². The van der Waals surface area contributed by atoms with Crippen molar-refractivity contribution in [2.24, 2.45) is 0 Å². The Balaban J connectivity index is 2.34. The van der Waals surface area contributed by atoms with Crippen molar-refractivity contribution in [2.45, 2.75) is 30.2 Å². The summed E-state index contributed by atoms with van der Waals surface area (Å²) in [6.45, 7) is 0.589. The van der Waals surface area contributed by atoms with E-state index in [0.717, 1.165) is 25.2 Å². The van der Waals surface area contributed by atoms with Crippen LogP contribution in [0.2, 0.25) is 0 Å². The van der Waals surface area contributed by atoms with E-state index in [2.05, 4.69) is 10.6 Å². The largest absolute Gasteiger partial charge is 0.368 e. The van der Waals surface area contributed by atoms with Crippen molar-refractivity contribution in [1.29, 1.82) is 0 Å². The zero-order valence-corrected chi connectivity index (χ0v) is 12.9. The van der Waals surface area contributed by atoms with Crippen LogP contribution < -0.4 is 10.6 Å². The lowest BCUT2D eigenvalue weighted by Gasteiger charge is -2.16. The van der Waals surface area contributed by atoms with Crippen LogP contribution in [0.25, 0.3) is 0 Å². The van der Waals surface area contributed by atoms with Gasteiger partial charge in [-0.2, -0.15) is 0 Å². The zero-order valence-electron chi connectivity index (χ0n) is 12.0. The van der Waals surface area contributed by atoms with Crippen LogP contribution in [0.4, 0.5) is 11.4 Å². The van der Waals surface area contributed by atoms with Gasteiger partial charge >= 0.3 is 0 Å². The number of nitrogens with zero attached hydrogens (tertiary/aromatic N) is 1. The van der Waals surface area contributed by atoms with Gasteiger partial charge in [-0.15, -0.1) is 0 Å². The summed E-state index contributed by atoms with van der Waals surface area (Å²) in [6.07, 6.45) is 3.24. The molecule has 1 fully saturated rings. The van der Waals surface area contributed by atoms with Crippen molar-refractivity contribution in [1.82, 2.24) is 5.32 Å². The third-order valence-corrected chi connectivity index (χ3v) is 4.57. The second kappa shape index (κ2) is 6.30. The molecule has 0 aromatic heterocycles. The van der Waals surface area contributed by atoms with Crippen LogP contribution in [0.5, 0.6) is 0 Å². The summed E-state index contributed by atoms with van der Waals surface area (Å²) in [5.41, 5.74) is -0.223. The standard InChI is InChI=1S/C13H17N3O5S/c1-22(20,21)9-5-6-10(12(8-9)16(18)19)15-11-4-2-3-7-14-13(11)17/h5-6,8,11,15H,2-4,7H2,1H3,(H,14,17)/t11-/m1/s1. The lowest BCUT2D eigenvalue weighted by molar-refractivity contribution is -0.384. The normalized spacial score (nSPS) is 19.1. The second-order valence-electron chi connectivity index (χ2n) is 5.19. The van der Waals surface area contributed by atoms with Gasteiger partial charge in [0.15, 0.2) is 9.84 Å². The Labute approximate surface area is 128 Å². The zero-order chi connectivity index (χ0) is 16.3. The molecule has 2 rings (SSSR count). The highest BCUT2D eigenvalue weighted by Gasteiger charge is 2.25. The SMILES string of the molecule is CS(=O)(=O)c1ccc(N[C@@H]2CCCCNC2=O)c([N+](=O)[O-])c1. The molecule has 0 aliphatic carbocycles. The summed E-state index contributed by atoms with van der Waals surface area (Å²) in [4.78, 5) is 22.3. The molecule has 22 heavy (non-hydrogen) atoms. The molecule has 0 unspecified atom stereocenters. The lowest BCUT2D eigenvalue weighted by atomic mass is 10.1. The molecule has 1 aliphatic heterocycles. The van der Waals surface area contributed by atoms with Crippen LogP contribution in [0.1, 0.15) is 19.3 Å². The molecule has 9 heteroatoms. The fourth-order valence-corrected chi connectivity index (χ4v) is 2.92. The summed E-state index contributed by atoms with van der Waals surface area (Å²) >= 11 is 0. The number of rotatable bonds is 4. The number of nitro benzene ring substituents is 1. The molecule has 0 bridgehead atoms. The van der Waals surface area contributed by atoms with Gasteiger partial charge in [0.2, 0.25) is 5.91 Å². The maximum Gasteiger partial charge on any atom is 0.293 e. The Hall–Kier alpha value is -2.16. The van der Waals surface area contributed by atoms with E-state index < -0.39 is 20.8 Å². The number of benzene rings is 1. The Bertz CT molecular complexity index is 702. The third-order valence-electron chi connectivity index (χ3n) is 3.46. The molecule has 0 radical (unpaired) electrons. The van der Waals surface area contributed by atoms with Gasteiger partial charge in [-0.1, -0.05) is 0 Å². The molecular weight excluding hydrogens is 310 g/mol. The Morgan fingerprint density at radius 1 is 1.36 bits per heavy atom. The first-order valence-electron chi connectivity index (χ1n) is 6.82. The summed E-state index contributed by atoms with van der Waals surface area (Å²) in [5, 5.41) is 16.7. The molecule has 1 aromatic rings. The number of carbonyl (C=O) groups excluding carboxylic acids is 1. The molecule has 1 atom stereocenters. The number of nitrogens with one attached hydrogen (secondary N) is 2. The maximum absolute atomic E-state index is 11.9. The minimum absolute atomic E-state index is 0.130. The summed E-state index contributed by atoms with van der Waals surface area (Å²) < 4.78 is 23.0. The first kappa shape index (κ1) is 16.2. The van der Waals surface area contributed by atoms with Gasteiger partial charge in [0.25, 0.3) is 5.69 Å². The number of carbonyl (C=O) groups is 1. The van der Waals surface area contributed by atoms with Crippen molar-refractivity contribution < 1.29 is 18.1 Å². The van der Waals surface area contributed by atoms with Crippen LogP contribution in [-0.4, -0.2) is 38.1 Å². The van der Waals surface area contributed by atoms with Crippen molar-refractivity contribution >= 4 is 27.1 Å². The maximum atomic E-state index is 11.9. The molecule has 0 spiro atoms. The van der Waals surface area contributed by atoms with Gasteiger partial charge < -0.3 is 10.6 Å². The number of hydrogen-bond donors (Lipinski definition) is 2.